The molecule has 0 radical (unpaired) electrons. The summed E-state index contributed by atoms with van der Waals surface area (Å²) in [5.74, 6) is 0.788. The lowest BCUT2D eigenvalue weighted by Crippen LogP contribution is -2.37. The highest BCUT2D eigenvalue weighted by Crippen LogP contribution is 2.21. The molecule has 1 heterocycles. The third-order valence-corrected chi connectivity index (χ3v) is 6.01. The van der Waals surface area contributed by atoms with Crippen LogP contribution in [-0.4, -0.2) is 51.0 Å². The number of hydrogen-bond acceptors (Lipinski definition) is 6. The van der Waals surface area contributed by atoms with Crippen molar-refractivity contribution in [1.82, 2.24) is 14.8 Å². The molecule has 0 fully saturated rings. The number of carbonyl (C=O) groups is 1. The molecule has 0 aliphatic heterocycles. The number of nitrogens with one attached hydrogen (secondary N) is 1. The van der Waals surface area contributed by atoms with Crippen LogP contribution in [0.1, 0.15) is 17.0 Å². The van der Waals surface area contributed by atoms with E-state index in [2.05, 4.69) is 10.5 Å². The first kappa shape index (κ1) is 19.9. The maximum Gasteiger partial charge on any atom is 0.248 e. The summed E-state index contributed by atoms with van der Waals surface area (Å²) in [6.07, 6.45) is 0.213. The van der Waals surface area contributed by atoms with Crippen LogP contribution in [0.5, 0.6) is 5.75 Å². The van der Waals surface area contributed by atoms with Gasteiger partial charge >= 0.3 is 0 Å². The molecule has 8 nitrogen and oxygen atoms in total. The summed E-state index contributed by atoms with van der Waals surface area (Å²) >= 11 is 0. The van der Waals surface area contributed by atoms with E-state index in [4.69, 9.17) is 9.26 Å². The minimum absolute atomic E-state index is 0.0737. The van der Waals surface area contributed by atoms with Crippen molar-refractivity contribution < 1.29 is 22.5 Å². The Bertz CT molecular complexity index is 840. The molecule has 2 aromatic rings. The molecule has 142 valence electrons. The summed E-state index contributed by atoms with van der Waals surface area (Å²) in [6, 6.07) is 7.19. The number of amides is 1. The third-order valence-electron chi connectivity index (χ3n) is 3.91. The normalized spacial score (nSPS) is 11.6. The summed E-state index contributed by atoms with van der Waals surface area (Å²) in [7, 11) is -0.676. The maximum absolute atomic E-state index is 12.6. The highest BCUT2D eigenvalue weighted by Gasteiger charge is 2.28. The zero-order valence-electron chi connectivity index (χ0n) is 15.3. The highest BCUT2D eigenvalue weighted by atomic mass is 32.2. The van der Waals surface area contributed by atoms with Gasteiger partial charge in [-0.25, -0.2) is 8.42 Å². The molecule has 0 saturated carbocycles. The zero-order chi connectivity index (χ0) is 19.3. The maximum atomic E-state index is 12.6. The van der Waals surface area contributed by atoms with Gasteiger partial charge in [0.05, 0.1) is 13.5 Å². The van der Waals surface area contributed by atoms with E-state index in [1.165, 1.54) is 11.4 Å². The van der Waals surface area contributed by atoms with Crippen LogP contribution in [0.4, 0.5) is 0 Å². The molecule has 2 rings (SSSR count). The smallest absolute Gasteiger partial charge is 0.248 e. The molecule has 1 aromatic carbocycles. The number of aromatic nitrogens is 1. The number of ether oxygens (including phenoxy) is 1. The molecule has 0 spiro atoms. The van der Waals surface area contributed by atoms with E-state index in [9.17, 15) is 13.2 Å². The molecule has 9 heteroatoms. The Labute approximate surface area is 153 Å². The molecule has 26 heavy (non-hydrogen) atoms. The van der Waals surface area contributed by atoms with Crippen LogP contribution in [0, 0.1) is 13.8 Å². The van der Waals surface area contributed by atoms with Crippen LogP contribution in [0.25, 0.3) is 0 Å². The Morgan fingerprint density at radius 3 is 2.46 bits per heavy atom. The molecular formula is C17H23N3O5S. The van der Waals surface area contributed by atoms with Crippen LogP contribution >= 0.6 is 0 Å². The van der Waals surface area contributed by atoms with Gasteiger partial charge in [-0.15, -0.1) is 0 Å². The number of hydrogen-bond donors (Lipinski definition) is 1. The molecule has 0 saturated heterocycles. The van der Waals surface area contributed by atoms with Gasteiger partial charge in [-0.05, 0) is 31.5 Å². The van der Waals surface area contributed by atoms with E-state index < -0.39 is 10.0 Å². The first-order valence-corrected chi connectivity index (χ1v) is 9.48. The van der Waals surface area contributed by atoms with Gasteiger partial charge in [-0.2, -0.15) is 4.31 Å². The van der Waals surface area contributed by atoms with Crippen molar-refractivity contribution in [3.63, 3.8) is 0 Å². The first-order valence-electron chi connectivity index (χ1n) is 8.04. The van der Waals surface area contributed by atoms with Gasteiger partial charge in [-0.1, -0.05) is 17.3 Å². The van der Waals surface area contributed by atoms with Gasteiger partial charge < -0.3 is 14.6 Å². The monoisotopic (exact) mass is 381 g/mol. The number of likely N-dealkylation sites (N-methyl/N-ethyl adjacent to an activating group) is 1. The number of sulfonamides is 1. The van der Waals surface area contributed by atoms with Crippen molar-refractivity contribution >= 4 is 15.9 Å². The highest BCUT2D eigenvalue weighted by molar-refractivity contribution is 7.89. The lowest BCUT2D eigenvalue weighted by atomic mass is 10.1. The molecule has 1 N–H and O–H groups in total. The Hall–Kier alpha value is -2.39. The van der Waals surface area contributed by atoms with E-state index >= 15 is 0 Å². The number of rotatable bonds is 8. The van der Waals surface area contributed by atoms with Crippen molar-refractivity contribution in [2.75, 3.05) is 27.2 Å². The van der Waals surface area contributed by atoms with Crippen molar-refractivity contribution in [2.24, 2.45) is 0 Å². The van der Waals surface area contributed by atoms with Gasteiger partial charge in [0.2, 0.25) is 15.9 Å². The van der Waals surface area contributed by atoms with Crippen molar-refractivity contribution in [1.29, 1.82) is 0 Å². The average molecular weight is 381 g/mol. The van der Waals surface area contributed by atoms with Crippen LogP contribution in [0.3, 0.4) is 0 Å². The number of aryl methyl sites for hydroxylation is 2. The van der Waals surface area contributed by atoms with E-state index in [0.29, 0.717) is 5.69 Å². The van der Waals surface area contributed by atoms with Crippen LogP contribution in [0.15, 0.2) is 33.7 Å². The molecular weight excluding hydrogens is 358 g/mol. The molecule has 0 atom stereocenters. The number of benzene rings is 1. The number of methoxy groups -OCH3 is 1. The van der Waals surface area contributed by atoms with Gasteiger partial charge in [0.25, 0.3) is 0 Å². The van der Waals surface area contributed by atoms with Crippen molar-refractivity contribution in [2.45, 2.75) is 25.2 Å². The largest absolute Gasteiger partial charge is 0.497 e. The predicted molar refractivity (Wildman–Crippen MR) is 95.5 cm³/mol. The minimum atomic E-state index is -3.71. The van der Waals surface area contributed by atoms with Gasteiger partial charge in [-0.3, -0.25) is 4.79 Å². The standard InChI is InChI=1S/C17H23N3O5S/c1-12-17(13(2)25-19-12)26(22,23)20(3)10-9-18-16(21)11-14-5-7-15(24-4)8-6-14/h5-8H,9-11H2,1-4H3,(H,18,21). The van der Waals surface area contributed by atoms with E-state index in [-0.39, 0.29) is 36.1 Å². The number of carbonyl (C=O) groups excluding carboxylic acids is 1. The van der Waals surface area contributed by atoms with Crippen molar-refractivity contribution in [3.05, 3.63) is 41.3 Å². The molecule has 0 bridgehead atoms. The Morgan fingerprint density at radius 2 is 1.92 bits per heavy atom. The Balaban J connectivity index is 1.87. The van der Waals surface area contributed by atoms with Crippen LogP contribution < -0.4 is 10.1 Å². The topological polar surface area (TPSA) is 102 Å². The fourth-order valence-corrected chi connectivity index (χ4v) is 3.92. The fraction of sp³-hybridized carbons (Fsp3) is 0.412. The summed E-state index contributed by atoms with van der Waals surface area (Å²) in [6.45, 7) is 3.47. The first-order chi connectivity index (χ1) is 12.3. The second kappa shape index (κ2) is 8.33. The molecule has 0 unspecified atom stereocenters. The second-order valence-electron chi connectivity index (χ2n) is 5.85. The summed E-state index contributed by atoms with van der Waals surface area (Å²) in [4.78, 5) is 12.1. The molecule has 0 aliphatic rings. The molecule has 0 aliphatic carbocycles. The third kappa shape index (κ3) is 4.61. The van der Waals surface area contributed by atoms with Gasteiger partial charge in [0.15, 0.2) is 5.76 Å². The Morgan fingerprint density at radius 1 is 1.27 bits per heavy atom. The van der Waals surface area contributed by atoms with Gasteiger partial charge in [0, 0.05) is 20.1 Å². The average Bonchev–Trinajstić information content (AvgIpc) is 2.94. The number of nitrogens with zero attached hydrogens (tertiary/aromatic N) is 2. The SMILES string of the molecule is COc1ccc(CC(=O)NCCN(C)S(=O)(=O)c2c(C)noc2C)cc1. The quantitative estimate of drug-likeness (QED) is 0.739. The Kier molecular flexibility index (Phi) is 6.38. The van der Waals surface area contributed by atoms with E-state index in [1.807, 2.05) is 12.1 Å². The van der Waals surface area contributed by atoms with Crippen LogP contribution in [-0.2, 0) is 21.2 Å². The van der Waals surface area contributed by atoms with E-state index in [0.717, 1.165) is 11.3 Å². The predicted octanol–water partition coefficient (Wildman–Crippen LogP) is 1.28. The van der Waals surface area contributed by atoms with E-state index in [1.54, 1.807) is 33.1 Å². The van der Waals surface area contributed by atoms with Crippen molar-refractivity contribution in [3.8, 4) is 5.75 Å². The second-order valence-corrected chi connectivity index (χ2v) is 7.84. The lowest BCUT2D eigenvalue weighted by Gasteiger charge is -2.17. The summed E-state index contributed by atoms with van der Waals surface area (Å²) < 4.78 is 36.3. The minimum Gasteiger partial charge on any atom is -0.497 e. The molecule has 1 amide bonds. The fourth-order valence-electron chi connectivity index (χ4n) is 2.46. The van der Waals surface area contributed by atoms with Gasteiger partial charge in [0.1, 0.15) is 16.3 Å². The zero-order valence-corrected chi connectivity index (χ0v) is 16.1. The lowest BCUT2D eigenvalue weighted by molar-refractivity contribution is -0.120. The summed E-state index contributed by atoms with van der Waals surface area (Å²) in [5.41, 5.74) is 1.16. The van der Waals surface area contributed by atoms with Crippen LogP contribution in [0.2, 0.25) is 0 Å². The summed E-state index contributed by atoms with van der Waals surface area (Å²) in [5, 5.41) is 6.39. The molecule has 1 aromatic heterocycles.